The van der Waals surface area contributed by atoms with E-state index in [4.69, 9.17) is 16.3 Å². The zero-order chi connectivity index (χ0) is 13.0. The standard InChI is InChI=1S/C13H17ClN2O2.ClH/c1-18-12-5-4-9(14)7-11(12)13(17)16-10-3-2-6-15-8-10;/h4-5,7,10,15H,2-3,6,8H2,1H3,(H,16,17);1H. The third-order valence-corrected chi connectivity index (χ3v) is 3.27. The summed E-state index contributed by atoms with van der Waals surface area (Å²) < 4.78 is 5.18. The Morgan fingerprint density at radius 3 is 2.95 bits per heavy atom. The van der Waals surface area contributed by atoms with Gasteiger partial charge in [0.2, 0.25) is 0 Å². The molecule has 106 valence electrons. The van der Waals surface area contributed by atoms with Gasteiger partial charge in [-0.3, -0.25) is 4.79 Å². The molecule has 1 amide bonds. The summed E-state index contributed by atoms with van der Waals surface area (Å²) >= 11 is 5.91. The topological polar surface area (TPSA) is 50.4 Å². The number of hydrogen-bond donors (Lipinski definition) is 2. The van der Waals surface area contributed by atoms with Crippen LogP contribution in [0.2, 0.25) is 5.02 Å². The smallest absolute Gasteiger partial charge is 0.255 e. The van der Waals surface area contributed by atoms with Gasteiger partial charge in [-0.1, -0.05) is 11.6 Å². The van der Waals surface area contributed by atoms with Crippen LogP contribution in [0.3, 0.4) is 0 Å². The van der Waals surface area contributed by atoms with Crippen LogP contribution in [0.4, 0.5) is 0 Å². The first kappa shape index (κ1) is 16.1. The third kappa shape index (κ3) is 4.27. The lowest BCUT2D eigenvalue weighted by Crippen LogP contribution is -2.45. The van der Waals surface area contributed by atoms with Gasteiger partial charge in [-0.05, 0) is 37.6 Å². The maximum absolute atomic E-state index is 12.2. The molecule has 1 atom stereocenters. The van der Waals surface area contributed by atoms with Crippen LogP contribution in [-0.4, -0.2) is 32.1 Å². The minimum atomic E-state index is -0.136. The van der Waals surface area contributed by atoms with Crippen molar-refractivity contribution in [2.75, 3.05) is 20.2 Å². The van der Waals surface area contributed by atoms with Crippen LogP contribution in [0.1, 0.15) is 23.2 Å². The van der Waals surface area contributed by atoms with Crippen LogP contribution in [0.15, 0.2) is 18.2 Å². The Balaban J connectivity index is 0.00000180. The Bertz CT molecular complexity index is 435. The molecule has 1 unspecified atom stereocenters. The average Bonchev–Trinajstić information content (AvgIpc) is 2.40. The first-order valence-electron chi connectivity index (χ1n) is 6.06. The number of ether oxygens (including phenoxy) is 1. The van der Waals surface area contributed by atoms with Crippen LogP contribution in [0.5, 0.6) is 5.75 Å². The highest BCUT2D eigenvalue weighted by Crippen LogP contribution is 2.22. The van der Waals surface area contributed by atoms with E-state index in [0.29, 0.717) is 16.3 Å². The van der Waals surface area contributed by atoms with Crippen LogP contribution < -0.4 is 15.4 Å². The summed E-state index contributed by atoms with van der Waals surface area (Å²) in [6, 6.07) is 5.22. The minimum absolute atomic E-state index is 0. The number of amides is 1. The predicted octanol–water partition coefficient (Wildman–Crippen LogP) is 2.25. The number of halogens is 2. The molecule has 1 aromatic carbocycles. The second-order valence-electron chi connectivity index (χ2n) is 4.36. The van der Waals surface area contributed by atoms with E-state index in [2.05, 4.69) is 10.6 Å². The Labute approximate surface area is 124 Å². The van der Waals surface area contributed by atoms with E-state index < -0.39 is 0 Å². The number of carbonyl (C=O) groups is 1. The molecule has 2 rings (SSSR count). The number of benzene rings is 1. The van der Waals surface area contributed by atoms with Gasteiger partial charge < -0.3 is 15.4 Å². The molecule has 0 aliphatic carbocycles. The zero-order valence-electron chi connectivity index (χ0n) is 10.7. The first-order valence-corrected chi connectivity index (χ1v) is 6.43. The summed E-state index contributed by atoms with van der Waals surface area (Å²) in [5, 5.41) is 6.79. The van der Waals surface area contributed by atoms with Gasteiger partial charge in [0.25, 0.3) is 5.91 Å². The predicted molar refractivity (Wildman–Crippen MR) is 78.6 cm³/mol. The fourth-order valence-corrected chi connectivity index (χ4v) is 2.27. The number of hydrogen-bond acceptors (Lipinski definition) is 3. The molecule has 0 aromatic heterocycles. The van der Waals surface area contributed by atoms with Gasteiger partial charge >= 0.3 is 0 Å². The monoisotopic (exact) mass is 304 g/mol. The van der Waals surface area contributed by atoms with Gasteiger partial charge in [-0.2, -0.15) is 0 Å². The normalized spacial score (nSPS) is 18.3. The van der Waals surface area contributed by atoms with Crippen molar-refractivity contribution in [1.29, 1.82) is 0 Å². The van der Waals surface area contributed by atoms with Crippen molar-refractivity contribution in [3.8, 4) is 5.75 Å². The van der Waals surface area contributed by atoms with Crippen LogP contribution in [-0.2, 0) is 0 Å². The molecule has 1 fully saturated rings. The highest BCUT2D eigenvalue weighted by atomic mass is 35.5. The van der Waals surface area contributed by atoms with Gasteiger partial charge in [-0.15, -0.1) is 12.4 Å². The van der Waals surface area contributed by atoms with E-state index in [-0.39, 0.29) is 24.4 Å². The van der Waals surface area contributed by atoms with E-state index >= 15 is 0 Å². The molecule has 6 heteroatoms. The Morgan fingerprint density at radius 2 is 2.32 bits per heavy atom. The van der Waals surface area contributed by atoms with Crippen molar-refractivity contribution in [3.63, 3.8) is 0 Å². The number of rotatable bonds is 3. The maximum Gasteiger partial charge on any atom is 0.255 e. The van der Waals surface area contributed by atoms with Crippen molar-refractivity contribution < 1.29 is 9.53 Å². The van der Waals surface area contributed by atoms with Crippen molar-refractivity contribution in [1.82, 2.24) is 10.6 Å². The minimum Gasteiger partial charge on any atom is -0.496 e. The Kier molecular flexibility index (Phi) is 6.42. The second kappa shape index (κ2) is 7.58. The van der Waals surface area contributed by atoms with E-state index in [1.165, 1.54) is 0 Å². The Hall–Kier alpha value is -0.970. The maximum atomic E-state index is 12.2. The van der Waals surface area contributed by atoms with E-state index in [0.717, 1.165) is 25.9 Å². The van der Waals surface area contributed by atoms with Crippen molar-refractivity contribution in [2.24, 2.45) is 0 Å². The molecular weight excluding hydrogens is 287 g/mol. The highest BCUT2D eigenvalue weighted by molar-refractivity contribution is 6.31. The Morgan fingerprint density at radius 1 is 1.53 bits per heavy atom. The molecule has 0 saturated carbocycles. The number of nitrogens with one attached hydrogen (secondary N) is 2. The van der Waals surface area contributed by atoms with Crippen molar-refractivity contribution in [3.05, 3.63) is 28.8 Å². The fraction of sp³-hybridized carbons (Fsp3) is 0.462. The number of piperidine rings is 1. The molecule has 0 bridgehead atoms. The molecule has 2 N–H and O–H groups in total. The molecule has 19 heavy (non-hydrogen) atoms. The van der Waals surface area contributed by atoms with Gasteiger partial charge in [0.05, 0.1) is 12.7 Å². The quantitative estimate of drug-likeness (QED) is 0.900. The summed E-state index contributed by atoms with van der Waals surface area (Å²) in [6.45, 7) is 1.83. The molecule has 1 heterocycles. The molecule has 1 aliphatic rings. The summed E-state index contributed by atoms with van der Waals surface area (Å²) in [6.07, 6.45) is 2.08. The van der Waals surface area contributed by atoms with Gasteiger partial charge in [0, 0.05) is 17.6 Å². The fourth-order valence-electron chi connectivity index (χ4n) is 2.10. The summed E-state index contributed by atoms with van der Waals surface area (Å²) in [5.41, 5.74) is 0.482. The summed E-state index contributed by atoms with van der Waals surface area (Å²) in [4.78, 5) is 12.2. The van der Waals surface area contributed by atoms with Crippen molar-refractivity contribution in [2.45, 2.75) is 18.9 Å². The van der Waals surface area contributed by atoms with Crippen LogP contribution in [0.25, 0.3) is 0 Å². The van der Waals surface area contributed by atoms with Gasteiger partial charge in [0.15, 0.2) is 0 Å². The van der Waals surface area contributed by atoms with Gasteiger partial charge in [0.1, 0.15) is 5.75 Å². The highest BCUT2D eigenvalue weighted by Gasteiger charge is 2.19. The average molecular weight is 305 g/mol. The molecule has 0 radical (unpaired) electrons. The molecule has 1 aromatic rings. The van der Waals surface area contributed by atoms with E-state index in [1.807, 2.05) is 0 Å². The largest absolute Gasteiger partial charge is 0.496 e. The third-order valence-electron chi connectivity index (χ3n) is 3.04. The van der Waals surface area contributed by atoms with Gasteiger partial charge in [-0.25, -0.2) is 0 Å². The second-order valence-corrected chi connectivity index (χ2v) is 4.80. The lowest BCUT2D eigenvalue weighted by molar-refractivity contribution is 0.0927. The van der Waals surface area contributed by atoms with E-state index in [9.17, 15) is 4.79 Å². The zero-order valence-corrected chi connectivity index (χ0v) is 12.3. The number of methoxy groups -OCH3 is 1. The van der Waals surface area contributed by atoms with Crippen molar-refractivity contribution >= 4 is 29.9 Å². The lowest BCUT2D eigenvalue weighted by Gasteiger charge is -2.24. The summed E-state index contributed by atoms with van der Waals surface area (Å²) in [5.74, 6) is 0.406. The van der Waals surface area contributed by atoms with Crippen LogP contribution >= 0.6 is 24.0 Å². The molecule has 1 saturated heterocycles. The molecule has 1 aliphatic heterocycles. The summed E-state index contributed by atoms with van der Waals surface area (Å²) in [7, 11) is 1.54. The molecule has 4 nitrogen and oxygen atoms in total. The SMILES string of the molecule is COc1ccc(Cl)cc1C(=O)NC1CCCNC1.Cl. The number of carbonyl (C=O) groups excluding carboxylic acids is 1. The first-order chi connectivity index (χ1) is 8.70. The molecular formula is C13H18Cl2N2O2. The molecule has 0 spiro atoms. The van der Waals surface area contributed by atoms with E-state index in [1.54, 1.807) is 25.3 Å². The lowest BCUT2D eigenvalue weighted by atomic mass is 10.1. The van der Waals surface area contributed by atoms with Crippen LogP contribution in [0, 0.1) is 0 Å².